The predicted molar refractivity (Wildman–Crippen MR) is 147 cm³/mol. The number of aryl methyl sites for hydroxylation is 1. The third kappa shape index (κ3) is 9.84. The molecule has 0 radical (unpaired) electrons. The number of alkyl halides is 3. The molecule has 1 amide bonds. The molecule has 2 aromatic rings. The number of rotatable bonds is 15. The molecule has 3 rings (SSSR count). The molecular formula is C27H41F3N6O3S. The highest BCUT2D eigenvalue weighted by Gasteiger charge is 2.45. The summed E-state index contributed by atoms with van der Waals surface area (Å²) in [6.45, 7) is 5.96. The monoisotopic (exact) mass is 586 g/mol. The van der Waals surface area contributed by atoms with Crippen LogP contribution < -0.4 is 4.72 Å². The number of nitrogens with one attached hydrogen (secondary N) is 2. The van der Waals surface area contributed by atoms with Gasteiger partial charge in [-0.15, -0.1) is 0 Å². The summed E-state index contributed by atoms with van der Waals surface area (Å²) in [6, 6.07) is 8.25. The fourth-order valence-electron chi connectivity index (χ4n) is 5.11. The number of carbonyl (C=O) groups is 1. The van der Waals surface area contributed by atoms with E-state index in [1.54, 1.807) is 0 Å². The van der Waals surface area contributed by atoms with E-state index in [1.807, 2.05) is 44.2 Å². The van der Waals surface area contributed by atoms with Gasteiger partial charge >= 0.3 is 12.1 Å². The average Bonchev–Trinajstić information content (AvgIpc) is 3.41. The fourth-order valence-corrected chi connectivity index (χ4v) is 6.40. The number of carbonyl (C=O) groups excluding carboxylic acids is 1. The Labute approximate surface area is 235 Å². The molecule has 1 fully saturated rings. The lowest BCUT2D eigenvalue weighted by molar-refractivity contribution is -0.189. The SMILES string of the molecule is CCN(CC)CCCS(=O)(=O)N[C@H](CCc1ccccc1)c1nc(CN(C(=O)C(F)(F)F)C2CCCCC2)n[nH]1. The normalized spacial score (nSPS) is 15.8. The number of halogens is 3. The summed E-state index contributed by atoms with van der Waals surface area (Å²) in [5.41, 5.74) is 1.01. The molecule has 1 aromatic carbocycles. The van der Waals surface area contributed by atoms with Gasteiger partial charge in [0, 0.05) is 6.04 Å². The second-order valence-electron chi connectivity index (χ2n) is 10.3. The lowest BCUT2D eigenvalue weighted by Crippen LogP contribution is -2.47. The van der Waals surface area contributed by atoms with Crippen LogP contribution in [0.1, 0.15) is 82.0 Å². The Kier molecular flexibility index (Phi) is 11.9. The number of aromatic amines is 1. The van der Waals surface area contributed by atoms with Gasteiger partial charge in [-0.05, 0) is 57.3 Å². The second-order valence-corrected chi connectivity index (χ2v) is 12.1. The van der Waals surface area contributed by atoms with E-state index >= 15 is 0 Å². The number of sulfonamides is 1. The van der Waals surface area contributed by atoms with Crippen LogP contribution in [0.3, 0.4) is 0 Å². The van der Waals surface area contributed by atoms with E-state index < -0.39 is 40.7 Å². The van der Waals surface area contributed by atoms with Crippen LogP contribution in [0.5, 0.6) is 0 Å². The van der Waals surface area contributed by atoms with Crippen molar-refractivity contribution in [3.8, 4) is 0 Å². The van der Waals surface area contributed by atoms with Crippen molar-refractivity contribution in [3.63, 3.8) is 0 Å². The lowest BCUT2D eigenvalue weighted by Gasteiger charge is -2.34. The molecule has 1 atom stereocenters. The van der Waals surface area contributed by atoms with Gasteiger partial charge in [-0.2, -0.15) is 18.3 Å². The Morgan fingerprint density at radius 3 is 2.42 bits per heavy atom. The van der Waals surface area contributed by atoms with E-state index in [2.05, 4.69) is 24.8 Å². The van der Waals surface area contributed by atoms with Gasteiger partial charge in [0.1, 0.15) is 5.82 Å². The molecule has 40 heavy (non-hydrogen) atoms. The summed E-state index contributed by atoms with van der Waals surface area (Å²) in [5, 5.41) is 6.82. The van der Waals surface area contributed by atoms with Crippen LogP contribution in [-0.4, -0.2) is 76.9 Å². The number of H-pyrrole nitrogens is 1. The molecule has 1 heterocycles. The second kappa shape index (κ2) is 14.9. The van der Waals surface area contributed by atoms with Crippen molar-refractivity contribution in [1.29, 1.82) is 0 Å². The van der Waals surface area contributed by atoms with E-state index in [0.29, 0.717) is 38.6 Å². The lowest BCUT2D eigenvalue weighted by atomic mass is 9.94. The van der Waals surface area contributed by atoms with Crippen LogP contribution in [-0.2, 0) is 27.8 Å². The summed E-state index contributed by atoms with van der Waals surface area (Å²) in [5.74, 6) is -1.74. The summed E-state index contributed by atoms with van der Waals surface area (Å²) in [7, 11) is -3.69. The number of nitrogens with zero attached hydrogens (tertiary/aromatic N) is 4. The molecule has 0 saturated heterocycles. The molecule has 2 N–H and O–H groups in total. The topological polar surface area (TPSA) is 111 Å². The third-order valence-electron chi connectivity index (χ3n) is 7.38. The van der Waals surface area contributed by atoms with Crippen LogP contribution in [0.2, 0.25) is 0 Å². The molecule has 9 nitrogen and oxygen atoms in total. The maximum atomic E-state index is 13.4. The Bertz CT molecular complexity index is 1150. The highest BCUT2D eigenvalue weighted by atomic mass is 32.2. The summed E-state index contributed by atoms with van der Waals surface area (Å²) in [4.78, 5) is 19.6. The smallest absolute Gasteiger partial charge is 0.324 e. The van der Waals surface area contributed by atoms with Crippen molar-refractivity contribution in [2.45, 2.75) is 90.0 Å². The van der Waals surface area contributed by atoms with Gasteiger partial charge in [0.2, 0.25) is 10.0 Å². The van der Waals surface area contributed by atoms with Crippen LogP contribution in [0.25, 0.3) is 0 Å². The molecule has 0 unspecified atom stereocenters. The van der Waals surface area contributed by atoms with Crippen molar-refractivity contribution < 1.29 is 26.4 Å². The maximum Gasteiger partial charge on any atom is 0.471 e. The Morgan fingerprint density at radius 2 is 1.80 bits per heavy atom. The Morgan fingerprint density at radius 1 is 1.12 bits per heavy atom. The molecule has 0 bridgehead atoms. The van der Waals surface area contributed by atoms with Crippen LogP contribution in [0.15, 0.2) is 30.3 Å². The Balaban J connectivity index is 1.77. The standard InChI is InChI=1S/C27H41F3N6O3S/c1-3-35(4-2)18-11-19-40(38,39)34-23(17-16-21-12-7-5-8-13-21)25-31-24(32-33-25)20-36(26(37)27(28,29)30)22-14-9-6-10-15-22/h5,7-8,12-13,22-23,34H,3-4,6,9-11,14-20H2,1-2H3,(H,31,32,33)/t23-/m1/s1. The number of aromatic nitrogens is 3. The minimum atomic E-state index is -5.00. The number of benzene rings is 1. The third-order valence-corrected chi connectivity index (χ3v) is 8.85. The molecule has 1 aromatic heterocycles. The van der Waals surface area contributed by atoms with E-state index in [1.165, 1.54) is 0 Å². The number of hydrogen-bond acceptors (Lipinski definition) is 6. The van der Waals surface area contributed by atoms with E-state index in [-0.39, 0.29) is 17.4 Å². The molecule has 0 spiro atoms. The highest BCUT2D eigenvalue weighted by Crippen LogP contribution is 2.28. The highest BCUT2D eigenvalue weighted by molar-refractivity contribution is 7.89. The van der Waals surface area contributed by atoms with Crippen molar-refractivity contribution in [1.82, 2.24) is 29.7 Å². The van der Waals surface area contributed by atoms with E-state index in [0.717, 1.165) is 42.8 Å². The van der Waals surface area contributed by atoms with Crippen molar-refractivity contribution in [2.24, 2.45) is 0 Å². The molecule has 13 heteroatoms. The summed E-state index contributed by atoms with van der Waals surface area (Å²) in [6.07, 6.45) is -0.223. The first-order valence-corrected chi connectivity index (χ1v) is 15.7. The first-order chi connectivity index (χ1) is 19.0. The molecule has 1 aliphatic rings. The van der Waals surface area contributed by atoms with Gasteiger partial charge in [0.05, 0.1) is 18.3 Å². The van der Waals surface area contributed by atoms with Gasteiger partial charge in [-0.25, -0.2) is 18.1 Å². The summed E-state index contributed by atoms with van der Waals surface area (Å²) < 4.78 is 69.0. The zero-order valence-corrected chi connectivity index (χ0v) is 24.1. The summed E-state index contributed by atoms with van der Waals surface area (Å²) >= 11 is 0. The van der Waals surface area contributed by atoms with E-state index in [9.17, 15) is 26.4 Å². The minimum Gasteiger partial charge on any atom is -0.324 e. The zero-order valence-electron chi connectivity index (χ0n) is 23.3. The van der Waals surface area contributed by atoms with Crippen LogP contribution in [0.4, 0.5) is 13.2 Å². The molecule has 1 aliphatic carbocycles. The van der Waals surface area contributed by atoms with Crippen molar-refractivity contribution >= 4 is 15.9 Å². The number of amides is 1. The Hall–Kier alpha value is -2.51. The average molecular weight is 587 g/mol. The first kappa shape index (κ1) is 32.0. The van der Waals surface area contributed by atoms with Gasteiger partial charge < -0.3 is 9.80 Å². The van der Waals surface area contributed by atoms with Gasteiger partial charge in [0.15, 0.2) is 5.82 Å². The number of hydrogen-bond donors (Lipinski definition) is 2. The van der Waals surface area contributed by atoms with Crippen molar-refractivity contribution in [2.75, 3.05) is 25.4 Å². The van der Waals surface area contributed by atoms with E-state index in [4.69, 9.17) is 0 Å². The minimum absolute atomic E-state index is 0.0172. The maximum absolute atomic E-state index is 13.4. The largest absolute Gasteiger partial charge is 0.471 e. The molecule has 224 valence electrons. The zero-order chi connectivity index (χ0) is 29.2. The predicted octanol–water partition coefficient (Wildman–Crippen LogP) is 4.35. The molecular weight excluding hydrogens is 545 g/mol. The first-order valence-electron chi connectivity index (χ1n) is 14.1. The quantitative estimate of drug-likeness (QED) is 0.321. The van der Waals surface area contributed by atoms with Crippen LogP contribution >= 0.6 is 0 Å². The van der Waals surface area contributed by atoms with Gasteiger partial charge in [-0.3, -0.25) is 9.89 Å². The van der Waals surface area contributed by atoms with Crippen LogP contribution in [0, 0.1) is 0 Å². The van der Waals surface area contributed by atoms with Gasteiger partial charge in [0.25, 0.3) is 0 Å². The fraction of sp³-hybridized carbons (Fsp3) is 0.667. The van der Waals surface area contributed by atoms with Gasteiger partial charge in [-0.1, -0.05) is 63.4 Å². The molecule has 0 aliphatic heterocycles. The molecule has 1 saturated carbocycles. The van der Waals surface area contributed by atoms with Crippen molar-refractivity contribution in [3.05, 3.63) is 47.5 Å².